The molecule has 1 aromatic carbocycles. The highest BCUT2D eigenvalue weighted by Gasteiger charge is 2.43. The molecule has 0 aliphatic carbocycles. The lowest BCUT2D eigenvalue weighted by Crippen LogP contribution is -2.46. The molecule has 0 aliphatic heterocycles. The maximum absolute atomic E-state index is 6.42. The number of rotatable bonds is 20. The van der Waals surface area contributed by atoms with Crippen molar-refractivity contribution in [2.24, 2.45) is 0 Å². The van der Waals surface area contributed by atoms with E-state index in [1.807, 2.05) is 0 Å². The molecule has 0 aromatic heterocycles. The Morgan fingerprint density at radius 1 is 0.710 bits per heavy atom. The van der Waals surface area contributed by atoms with Gasteiger partial charge in [0.25, 0.3) is 5.97 Å². The molecule has 0 spiro atoms. The fourth-order valence-electron chi connectivity index (χ4n) is 3.86. The molecule has 0 fully saturated rings. The number of benzene rings is 1. The van der Waals surface area contributed by atoms with E-state index in [4.69, 9.17) is 14.2 Å². The summed E-state index contributed by atoms with van der Waals surface area (Å²) < 4.78 is 19.3. The minimum absolute atomic E-state index is 0.0707. The van der Waals surface area contributed by atoms with Crippen LogP contribution in [0.3, 0.4) is 0 Å². The van der Waals surface area contributed by atoms with Crippen LogP contribution >= 0.6 is 15.9 Å². The van der Waals surface area contributed by atoms with Gasteiger partial charge in [0.1, 0.15) is 0 Å². The van der Waals surface area contributed by atoms with E-state index in [9.17, 15) is 0 Å². The average Bonchev–Trinajstić information content (AvgIpc) is 2.80. The standard InChI is InChI=1S/C27H47BrO3/c1-5-9-10-11-12-13-14-26(25-17-15-24(16-18-25)19-20-28)27(29-21-6-2,30-22-7-3)31-23-8-4/h15-18,26H,5-14,19-23H2,1-4H3. The van der Waals surface area contributed by atoms with Gasteiger partial charge in [0.2, 0.25) is 0 Å². The van der Waals surface area contributed by atoms with Crippen LogP contribution in [0.4, 0.5) is 0 Å². The first-order valence-electron chi connectivity index (χ1n) is 12.7. The maximum atomic E-state index is 6.42. The van der Waals surface area contributed by atoms with E-state index in [2.05, 4.69) is 67.9 Å². The average molecular weight is 500 g/mol. The summed E-state index contributed by atoms with van der Waals surface area (Å²) in [5, 5.41) is 0.982. The largest absolute Gasteiger partial charge is 0.327 e. The van der Waals surface area contributed by atoms with E-state index >= 15 is 0 Å². The van der Waals surface area contributed by atoms with Crippen molar-refractivity contribution < 1.29 is 14.2 Å². The summed E-state index contributed by atoms with van der Waals surface area (Å²) in [5.41, 5.74) is 2.61. The lowest BCUT2D eigenvalue weighted by molar-refractivity contribution is -0.392. The van der Waals surface area contributed by atoms with Crippen LogP contribution in [0.5, 0.6) is 0 Å². The molecular weight excluding hydrogens is 452 g/mol. The van der Waals surface area contributed by atoms with Crippen LogP contribution in [0.25, 0.3) is 0 Å². The first kappa shape index (κ1) is 28.6. The maximum Gasteiger partial charge on any atom is 0.290 e. The van der Waals surface area contributed by atoms with Gasteiger partial charge < -0.3 is 14.2 Å². The van der Waals surface area contributed by atoms with E-state index in [0.29, 0.717) is 19.8 Å². The van der Waals surface area contributed by atoms with Crippen LogP contribution in [-0.2, 0) is 20.6 Å². The Balaban J connectivity index is 3.14. The highest BCUT2D eigenvalue weighted by atomic mass is 79.9. The van der Waals surface area contributed by atoms with Gasteiger partial charge in [-0.05, 0) is 43.2 Å². The highest BCUT2D eigenvalue weighted by Crippen LogP contribution is 2.39. The third-order valence-electron chi connectivity index (χ3n) is 5.56. The summed E-state index contributed by atoms with van der Waals surface area (Å²) in [7, 11) is 0. The molecule has 1 unspecified atom stereocenters. The van der Waals surface area contributed by atoms with Crippen molar-refractivity contribution in [3.05, 3.63) is 35.4 Å². The fourth-order valence-corrected chi connectivity index (χ4v) is 4.32. The topological polar surface area (TPSA) is 27.7 Å². The van der Waals surface area contributed by atoms with Gasteiger partial charge in [-0.1, -0.05) is 106 Å². The second-order valence-electron chi connectivity index (χ2n) is 8.44. The van der Waals surface area contributed by atoms with E-state index in [0.717, 1.165) is 37.4 Å². The summed E-state index contributed by atoms with van der Waals surface area (Å²) >= 11 is 3.55. The van der Waals surface area contributed by atoms with Gasteiger partial charge in [0.05, 0.1) is 25.7 Å². The Kier molecular flexibility index (Phi) is 16.7. The molecule has 1 rings (SSSR count). The molecule has 4 heteroatoms. The zero-order valence-electron chi connectivity index (χ0n) is 20.6. The minimum Gasteiger partial charge on any atom is -0.327 e. The van der Waals surface area contributed by atoms with E-state index < -0.39 is 5.97 Å². The number of alkyl halides is 1. The molecule has 1 aromatic rings. The van der Waals surface area contributed by atoms with Crippen molar-refractivity contribution in [3.63, 3.8) is 0 Å². The van der Waals surface area contributed by atoms with Gasteiger partial charge in [-0.15, -0.1) is 0 Å². The molecule has 3 nitrogen and oxygen atoms in total. The first-order chi connectivity index (χ1) is 15.2. The second kappa shape index (κ2) is 18.1. The monoisotopic (exact) mass is 498 g/mol. The van der Waals surface area contributed by atoms with Crippen LogP contribution in [0.15, 0.2) is 24.3 Å². The molecule has 0 N–H and O–H groups in total. The Morgan fingerprint density at radius 2 is 1.23 bits per heavy atom. The van der Waals surface area contributed by atoms with Crippen LogP contribution in [0.2, 0.25) is 0 Å². The molecule has 0 saturated carbocycles. The van der Waals surface area contributed by atoms with Gasteiger partial charge in [-0.25, -0.2) is 0 Å². The number of unbranched alkanes of at least 4 members (excludes halogenated alkanes) is 5. The van der Waals surface area contributed by atoms with Crippen LogP contribution in [0, 0.1) is 0 Å². The van der Waals surface area contributed by atoms with Crippen molar-refractivity contribution in [3.8, 4) is 0 Å². The Hall–Kier alpha value is -0.420. The predicted molar refractivity (Wildman–Crippen MR) is 136 cm³/mol. The number of halogens is 1. The van der Waals surface area contributed by atoms with Gasteiger partial charge >= 0.3 is 0 Å². The van der Waals surface area contributed by atoms with Crippen molar-refractivity contribution in [2.45, 2.75) is 110 Å². The fraction of sp³-hybridized carbons (Fsp3) is 0.778. The molecule has 31 heavy (non-hydrogen) atoms. The smallest absolute Gasteiger partial charge is 0.290 e. The normalized spacial score (nSPS) is 12.9. The Bertz CT molecular complexity index is 510. The number of hydrogen-bond donors (Lipinski definition) is 0. The molecule has 180 valence electrons. The summed E-state index contributed by atoms with van der Waals surface area (Å²) in [4.78, 5) is 0. The third-order valence-corrected chi connectivity index (χ3v) is 5.96. The van der Waals surface area contributed by atoms with E-state index in [-0.39, 0.29) is 5.92 Å². The summed E-state index contributed by atoms with van der Waals surface area (Å²) in [6.07, 6.45) is 12.6. The molecule has 0 heterocycles. The second-order valence-corrected chi connectivity index (χ2v) is 9.23. The van der Waals surface area contributed by atoms with Gasteiger partial charge in [-0.3, -0.25) is 0 Å². The van der Waals surface area contributed by atoms with Crippen LogP contribution < -0.4 is 0 Å². The number of ether oxygens (including phenoxy) is 3. The summed E-state index contributed by atoms with van der Waals surface area (Å²) in [6.45, 7) is 10.6. The predicted octanol–water partition coefficient (Wildman–Crippen LogP) is 8.39. The Morgan fingerprint density at radius 3 is 1.71 bits per heavy atom. The Labute approximate surface area is 200 Å². The molecule has 0 bridgehead atoms. The highest BCUT2D eigenvalue weighted by molar-refractivity contribution is 9.09. The number of hydrogen-bond acceptors (Lipinski definition) is 3. The SMILES string of the molecule is CCCCCCCCC(c1ccc(CCBr)cc1)C(OCCC)(OCCC)OCCC. The lowest BCUT2D eigenvalue weighted by atomic mass is 9.89. The van der Waals surface area contributed by atoms with E-state index in [1.165, 1.54) is 49.7 Å². The third kappa shape index (κ3) is 10.8. The lowest BCUT2D eigenvalue weighted by Gasteiger charge is -2.40. The summed E-state index contributed by atoms with van der Waals surface area (Å²) in [5.74, 6) is -0.927. The van der Waals surface area contributed by atoms with Crippen LogP contribution in [-0.4, -0.2) is 31.1 Å². The summed E-state index contributed by atoms with van der Waals surface area (Å²) in [6, 6.07) is 9.01. The molecule has 0 saturated heterocycles. The van der Waals surface area contributed by atoms with Crippen LogP contribution in [0.1, 0.15) is 109 Å². The molecular formula is C27H47BrO3. The van der Waals surface area contributed by atoms with Crippen molar-refractivity contribution in [1.82, 2.24) is 0 Å². The zero-order valence-corrected chi connectivity index (χ0v) is 22.2. The van der Waals surface area contributed by atoms with Crippen molar-refractivity contribution >= 4 is 15.9 Å². The van der Waals surface area contributed by atoms with E-state index in [1.54, 1.807) is 0 Å². The molecule has 1 atom stereocenters. The molecule has 0 amide bonds. The number of aryl methyl sites for hydroxylation is 1. The van der Waals surface area contributed by atoms with Gasteiger partial charge in [0, 0.05) is 5.33 Å². The zero-order chi connectivity index (χ0) is 22.8. The molecule has 0 radical (unpaired) electrons. The minimum atomic E-state index is -0.998. The van der Waals surface area contributed by atoms with Crippen molar-refractivity contribution in [1.29, 1.82) is 0 Å². The van der Waals surface area contributed by atoms with Crippen molar-refractivity contribution in [2.75, 3.05) is 25.2 Å². The first-order valence-corrected chi connectivity index (χ1v) is 13.9. The van der Waals surface area contributed by atoms with Gasteiger partial charge in [0.15, 0.2) is 0 Å². The quantitative estimate of drug-likeness (QED) is 0.102. The van der Waals surface area contributed by atoms with Gasteiger partial charge in [-0.2, -0.15) is 0 Å². The molecule has 0 aliphatic rings.